The molecular weight excluding hydrogens is 422 g/mol. The Hall–Kier alpha value is -3.70. The number of imidazole rings is 1. The van der Waals surface area contributed by atoms with Crippen molar-refractivity contribution in [3.8, 4) is 0 Å². The molecule has 4 heterocycles. The number of oxazole rings is 2. The van der Waals surface area contributed by atoms with E-state index in [1.807, 2.05) is 0 Å². The fourth-order valence-corrected chi connectivity index (χ4v) is 3.65. The Balaban J connectivity index is 1.61. The lowest BCUT2D eigenvalue weighted by atomic mass is 10.0. The predicted octanol–water partition coefficient (Wildman–Crippen LogP) is 3.82. The van der Waals surface area contributed by atoms with Crippen molar-refractivity contribution in [1.82, 2.24) is 24.8 Å². The van der Waals surface area contributed by atoms with Crippen molar-refractivity contribution in [3.05, 3.63) is 65.2 Å². The first kappa shape index (κ1) is 19.3. The first-order valence-corrected chi connectivity index (χ1v) is 9.16. The molecule has 5 rings (SSSR count). The van der Waals surface area contributed by atoms with Crippen LogP contribution in [0.25, 0.3) is 11.1 Å². The maximum Gasteiger partial charge on any atom is 0.416 e. The van der Waals surface area contributed by atoms with Crippen LogP contribution in [-0.4, -0.2) is 37.3 Å². The summed E-state index contributed by atoms with van der Waals surface area (Å²) >= 11 is 0. The molecule has 0 bridgehead atoms. The zero-order chi connectivity index (χ0) is 21.8. The number of amides is 1. The van der Waals surface area contributed by atoms with Crippen LogP contribution in [0.1, 0.15) is 45.1 Å². The van der Waals surface area contributed by atoms with E-state index in [1.165, 1.54) is 17.3 Å². The van der Waals surface area contributed by atoms with Crippen LogP contribution in [0.2, 0.25) is 0 Å². The summed E-state index contributed by atoms with van der Waals surface area (Å²) in [5.41, 5.74) is 0.264. The van der Waals surface area contributed by atoms with E-state index in [0.717, 1.165) is 24.2 Å². The maximum absolute atomic E-state index is 13.2. The minimum absolute atomic E-state index is 0.0102. The Morgan fingerprint density at radius 1 is 1.29 bits per heavy atom. The monoisotopic (exact) mass is 435 g/mol. The van der Waals surface area contributed by atoms with Crippen LogP contribution in [0.3, 0.4) is 0 Å². The number of carbonyl (C=O) groups excluding carboxylic acids is 1. The Labute approximate surface area is 170 Å². The Bertz CT molecular complexity index is 1280. The van der Waals surface area contributed by atoms with E-state index < -0.39 is 30.4 Å². The van der Waals surface area contributed by atoms with Gasteiger partial charge in [-0.2, -0.15) is 13.2 Å². The van der Waals surface area contributed by atoms with Crippen LogP contribution < -0.4 is 0 Å². The summed E-state index contributed by atoms with van der Waals surface area (Å²) in [5.74, 6) is -0.930. The normalized spacial score (nSPS) is 16.6. The number of aromatic nitrogens is 4. The van der Waals surface area contributed by atoms with Gasteiger partial charge in [0.05, 0.1) is 17.6 Å². The number of fused-ring (bicyclic) bond motifs is 2. The molecule has 8 nitrogen and oxygen atoms in total. The lowest BCUT2D eigenvalue weighted by Gasteiger charge is -2.32. The lowest BCUT2D eigenvalue weighted by Crippen LogP contribution is -2.41. The van der Waals surface area contributed by atoms with Crippen molar-refractivity contribution in [2.24, 2.45) is 0 Å². The third kappa shape index (κ3) is 3.14. The number of alkyl halides is 4. The molecule has 0 fully saturated rings. The molecule has 1 aliphatic rings. The highest BCUT2D eigenvalue weighted by Crippen LogP contribution is 2.37. The molecule has 0 saturated heterocycles. The molecule has 1 atom stereocenters. The van der Waals surface area contributed by atoms with Crippen molar-refractivity contribution in [2.45, 2.75) is 25.3 Å². The second-order valence-electron chi connectivity index (χ2n) is 6.91. The zero-order valence-electron chi connectivity index (χ0n) is 15.6. The molecule has 12 heteroatoms. The molecule has 160 valence electrons. The van der Waals surface area contributed by atoms with Crippen LogP contribution in [0, 0.1) is 0 Å². The molecule has 3 aromatic heterocycles. The Kier molecular flexibility index (Phi) is 4.31. The van der Waals surface area contributed by atoms with E-state index in [-0.39, 0.29) is 35.0 Å². The third-order valence-corrected chi connectivity index (χ3v) is 5.11. The molecule has 0 saturated carbocycles. The molecule has 0 aliphatic carbocycles. The van der Waals surface area contributed by atoms with E-state index >= 15 is 0 Å². The van der Waals surface area contributed by atoms with Gasteiger partial charge in [-0.1, -0.05) is 0 Å². The highest BCUT2D eigenvalue weighted by Gasteiger charge is 2.40. The molecule has 0 spiro atoms. The average molecular weight is 435 g/mol. The summed E-state index contributed by atoms with van der Waals surface area (Å²) in [7, 11) is 0. The quantitative estimate of drug-likeness (QED) is 0.491. The van der Waals surface area contributed by atoms with Gasteiger partial charge in [0.25, 0.3) is 5.91 Å². The molecule has 0 unspecified atom stereocenters. The minimum atomic E-state index is -4.54. The first-order chi connectivity index (χ1) is 14.9. The Morgan fingerprint density at radius 2 is 2.13 bits per heavy atom. The lowest BCUT2D eigenvalue weighted by molar-refractivity contribution is -0.137. The van der Waals surface area contributed by atoms with E-state index in [1.54, 1.807) is 0 Å². The standard InChI is InChI=1S/C19H13F4N5O3/c20-6-12-16(30-8-26-12)18(29)28-4-3-10-14(25-7-24-10)15(28)17-27-11-5-9(19(21,22)23)1-2-13(11)31-17/h1-2,5,7-8,15H,3-4,6H2,(H,24,25)/t15-/m0/s1. The topological polar surface area (TPSA) is 101 Å². The first-order valence-electron chi connectivity index (χ1n) is 9.16. The SMILES string of the molecule is O=C(c1ocnc1CF)N1CCc2[nH]cnc2[C@H]1c1nc2cc(C(F)(F)F)ccc2o1. The van der Waals surface area contributed by atoms with E-state index in [9.17, 15) is 22.4 Å². The Morgan fingerprint density at radius 3 is 2.90 bits per heavy atom. The van der Waals surface area contributed by atoms with Crippen LogP contribution >= 0.6 is 0 Å². The molecule has 0 radical (unpaired) electrons. The predicted molar refractivity (Wildman–Crippen MR) is 95.5 cm³/mol. The van der Waals surface area contributed by atoms with Gasteiger partial charge >= 0.3 is 6.18 Å². The number of carbonyl (C=O) groups is 1. The van der Waals surface area contributed by atoms with Crippen molar-refractivity contribution in [2.75, 3.05) is 6.54 Å². The number of halogens is 4. The van der Waals surface area contributed by atoms with Gasteiger partial charge in [0.15, 0.2) is 18.0 Å². The average Bonchev–Trinajstić information content (AvgIpc) is 3.49. The summed E-state index contributed by atoms with van der Waals surface area (Å²) in [4.78, 5) is 29.6. The summed E-state index contributed by atoms with van der Waals surface area (Å²) in [6.45, 7) is -0.801. The molecule has 31 heavy (non-hydrogen) atoms. The number of aromatic amines is 1. The summed E-state index contributed by atoms with van der Waals surface area (Å²) in [6.07, 6.45) is -1.70. The molecule has 1 aromatic carbocycles. The highest BCUT2D eigenvalue weighted by molar-refractivity contribution is 5.93. The van der Waals surface area contributed by atoms with Gasteiger partial charge < -0.3 is 18.7 Å². The number of hydrogen-bond acceptors (Lipinski definition) is 6. The minimum Gasteiger partial charge on any atom is -0.438 e. The van der Waals surface area contributed by atoms with Gasteiger partial charge in [0, 0.05) is 18.7 Å². The van der Waals surface area contributed by atoms with E-state index in [0.29, 0.717) is 12.1 Å². The van der Waals surface area contributed by atoms with Crippen LogP contribution in [-0.2, 0) is 19.3 Å². The molecular formula is C19H13F4N5O3. The summed E-state index contributed by atoms with van der Waals surface area (Å²) in [5, 5.41) is 0. The van der Waals surface area contributed by atoms with Gasteiger partial charge in [0.2, 0.25) is 11.7 Å². The van der Waals surface area contributed by atoms with Gasteiger partial charge in [-0.3, -0.25) is 4.79 Å². The number of nitrogens with zero attached hydrogens (tertiary/aromatic N) is 4. The van der Waals surface area contributed by atoms with Gasteiger partial charge in [0.1, 0.15) is 17.9 Å². The maximum atomic E-state index is 13.2. The summed E-state index contributed by atoms with van der Waals surface area (Å²) in [6, 6.07) is 2.00. The number of nitrogens with one attached hydrogen (secondary N) is 1. The number of benzene rings is 1. The molecule has 1 N–H and O–H groups in total. The summed E-state index contributed by atoms with van der Waals surface area (Å²) < 4.78 is 63.2. The third-order valence-electron chi connectivity index (χ3n) is 5.11. The van der Waals surface area contributed by atoms with Gasteiger partial charge in [-0.15, -0.1) is 0 Å². The number of hydrogen-bond donors (Lipinski definition) is 1. The van der Waals surface area contributed by atoms with E-state index in [4.69, 9.17) is 8.83 Å². The van der Waals surface area contributed by atoms with Crippen LogP contribution in [0.4, 0.5) is 17.6 Å². The highest BCUT2D eigenvalue weighted by atomic mass is 19.4. The van der Waals surface area contributed by atoms with Crippen molar-refractivity contribution in [1.29, 1.82) is 0 Å². The van der Waals surface area contributed by atoms with E-state index in [2.05, 4.69) is 19.9 Å². The fraction of sp³-hybridized carbons (Fsp3) is 0.263. The van der Waals surface area contributed by atoms with Crippen LogP contribution in [0.5, 0.6) is 0 Å². The van der Waals surface area contributed by atoms with Crippen molar-refractivity contribution < 1.29 is 31.2 Å². The van der Waals surface area contributed by atoms with Gasteiger partial charge in [-0.25, -0.2) is 19.3 Å². The number of rotatable bonds is 3. The number of H-pyrrole nitrogens is 1. The zero-order valence-corrected chi connectivity index (χ0v) is 15.6. The van der Waals surface area contributed by atoms with Crippen molar-refractivity contribution in [3.63, 3.8) is 0 Å². The smallest absolute Gasteiger partial charge is 0.416 e. The second-order valence-corrected chi connectivity index (χ2v) is 6.91. The second kappa shape index (κ2) is 6.93. The fourth-order valence-electron chi connectivity index (χ4n) is 3.65. The molecule has 4 aromatic rings. The molecule has 1 aliphatic heterocycles. The van der Waals surface area contributed by atoms with Crippen LogP contribution in [0.15, 0.2) is 39.8 Å². The van der Waals surface area contributed by atoms with Crippen molar-refractivity contribution >= 4 is 17.0 Å². The van der Waals surface area contributed by atoms with Gasteiger partial charge in [-0.05, 0) is 18.2 Å². The largest absolute Gasteiger partial charge is 0.438 e. The molecule has 1 amide bonds.